The minimum Gasteiger partial charge on any atom is -0.378 e. The molecule has 2 rings (SSSR count). The van der Waals surface area contributed by atoms with Gasteiger partial charge in [-0.1, -0.05) is 0 Å². The lowest BCUT2D eigenvalue weighted by Crippen LogP contribution is -2.60. The molecule has 1 saturated carbocycles. The minimum absolute atomic E-state index is 0.0294. The number of rotatable bonds is 4. The first-order chi connectivity index (χ1) is 7.95. The molecule has 1 saturated heterocycles. The summed E-state index contributed by atoms with van der Waals surface area (Å²) in [4.78, 5) is 2.37. The summed E-state index contributed by atoms with van der Waals surface area (Å²) < 4.78 is 5.51. The van der Waals surface area contributed by atoms with E-state index in [2.05, 4.69) is 30.1 Å². The van der Waals surface area contributed by atoms with Crippen LogP contribution in [0, 0.1) is 11.3 Å². The Morgan fingerprint density at radius 1 is 1.53 bits per heavy atom. The van der Waals surface area contributed by atoms with Gasteiger partial charge in [0, 0.05) is 24.7 Å². The first-order valence-corrected chi connectivity index (χ1v) is 6.47. The van der Waals surface area contributed by atoms with Crippen LogP contribution in [0.15, 0.2) is 0 Å². The maximum absolute atomic E-state index is 9.39. The summed E-state index contributed by atoms with van der Waals surface area (Å²) in [6.45, 7) is 9.58. The number of hydrogen-bond acceptors (Lipinski definition) is 4. The maximum Gasteiger partial charge on any atom is 0.116 e. The van der Waals surface area contributed by atoms with Crippen molar-refractivity contribution in [2.75, 3.05) is 26.3 Å². The normalized spacial score (nSPS) is 28.4. The molecule has 0 spiro atoms. The van der Waals surface area contributed by atoms with E-state index in [1.165, 1.54) is 12.8 Å². The molecule has 0 radical (unpaired) electrons. The number of hydrogen-bond donors (Lipinski definition) is 1. The van der Waals surface area contributed by atoms with Crippen LogP contribution in [0.3, 0.4) is 0 Å². The lowest BCUT2D eigenvalue weighted by Gasteiger charge is -2.45. The zero-order chi connectivity index (χ0) is 12.5. The maximum atomic E-state index is 9.39. The average Bonchev–Trinajstić information content (AvgIpc) is 3.05. The molecule has 0 aromatic heterocycles. The molecule has 96 valence electrons. The highest BCUT2D eigenvalue weighted by molar-refractivity contribution is 5.10. The predicted octanol–water partition coefficient (Wildman–Crippen LogP) is 1.13. The molecular formula is C13H23N3O. The lowest BCUT2D eigenvalue weighted by atomic mass is 9.96. The van der Waals surface area contributed by atoms with Crippen LogP contribution in [0.25, 0.3) is 0 Å². The van der Waals surface area contributed by atoms with E-state index in [1.807, 2.05) is 6.92 Å². The molecule has 2 aliphatic rings. The third kappa shape index (κ3) is 3.19. The van der Waals surface area contributed by atoms with Crippen molar-refractivity contribution < 1.29 is 4.74 Å². The summed E-state index contributed by atoms with van der Waals surface area (Å²) >= 11 is 0. The number of nitrogens with one attached hydrogen (secondary N) is 1. The second kappa shape index (κ2) is 4.56. The molecular weight excluding hydrogens is 214 g/mol. The SMILES string of the molecule is CC(C#N)(CN1CCOCC1(C)C)NC1CC1. The van der Waals surface area contributed by atoms with Crippen molar-refractivity contribution >= 4 is 0 Å². The molecule has 4 nitrogen and oxygen atoms in total. The van der Waals surface area contributed by atoms with Crippen LogP contribution >= 0.6 is 0 Å². The first kappa shape index (κ1) is 12.8. The summed E-state index contributed by atoms with van der Waals surface area (Å²) in [7, 11) is 0. The molecule has 1 aliphatic carbocycles. The molecule has 1 aliphatic heterocycles. The van der Waals surface area contributed by atoms with Crippen molar-refractivity contribution in [2.45, 2.75) is 50.7 Å². The monoisotopic (exact) mass is 237 g/mol. The third-order valence-corrected chi connectivity index (χ3v) is 3.67. The predicted molar refractivity (Wildman–Crippen MR) is 66.6 cm³/mol. The number of morpholine rings is 1. The van der Waals surface area contributed by atoms with Crippen LogP contribution in [0.5, 0.6) is 0 Å². The Labute approximate surface area is 104 Å². The van der Waals surface area contributed by atoms with Gasteiger partial charge in [-0.2, -0.15) is 5.26 Å². The number of nitrogens with zero attached hydrogens (tertiary/aromatic N) is 2. The van der Waals surface area contributed by atoms with Gasteiger partial charge < -0.3 is 4.74 Å². The van der Waals surface area contributed by atoms with Gasteiger partial charge in [-0.15, -0.1) is 0 Å². The van der Waals surface area contributed by atoms with Gasteiger partial charge in [-0.25, -0.2) is 0 Å². The van der Waals surface area contributed by atoms with Crippen LogP contribution in [-0.4, -0.2) is 48.3 Å². The van der Waals surface area contributed by atoms with Gasteiger partial charge in [0.15, 0.2) is 0 Å². The summed E-state index contributed by atoms with van der Waals surface area (Å²) in [6.07, 6.45) is 2.42. The van der Waals surface area contributed by atoms with E-state index in [0.717, 1.165) is 26.3 Å². The van der Waals surface area contributed by atoms with Crippen LogP contribution in [0.4, 0.5) is 0 Å². The zero-order valence-corrected chi connectivity index (χ0v) is 11.1. The quantitative estimate of drug-likeness (QED) is 0.796. The molecule has 17 heavy (non-hydrogen) atoms. The van der Waals surface area contributed by atoms with Crippen LogP contribution in [0.2, 0.25) is 0 Å². The van der Waals surface area contributed by atoms with Gasteiger partial charge in [0.05, 0.1) is 19.3 Å². The molecule has 0 bridgehead atoms. The van der Waals surface area contributed by atoms with Gasteiger partial charge in [0.2, 0.25) is 0 Å². The van der Waals surface area contributed by atoms with Crippen molar-refractivity contribution in [3.63, 3.8) is 0 Å². The van der Waals surface area contributed by atoms with E-state index in [1.54, 1.807) is 0 Å². The standard InChI is InChI=1S/C13H23N3O/c1-12(2)10-17-7-6-16(12)9-13(3,8-14)15-11-4-5-11/h11,15H,4-7,9-10H2,1-3H3. The molecule has 0 amide bonds. The summed E-state index contributed by atoms with van der Waals surface area (Å²) in [5.74, 6) is 0. The Kier molecular flexibility index (Phi) is 3.44. The van der Waals surface area contributed by atoms with Crippen molar-refractivity contribution in [1.29, 1.82) is 5.26 Å². The van der Waals surface area contributed by atoms with Crippen molar-refractivity contribution in [2.24, 2.45) is 0 Å². The molecule has 1 N–H and O–H groups in total. The smallest absolute Gasteiger partial charge is 0.116 e. The molecule has 2 fully saturated rings. The topological polar surface area (TPSA) is 48.3 Å². The number of ether oxygens (including phenoxy) is 1. The number of nitriles is 1. The highest BCUT2D eigenvalue weighted by Gasteiger charge is 2.39. The second-order valence-electron chi connectivity index (χ2n) is 6.15. The van der Waals surface area contributed by atoms with E-state index in [9.17, 15) is 5.26 Å². The Morgan fingerprint density at radius 3 is 2.76 bits per heavy atom. The Balaban J connectivity index is 1.99. The van der Waals surface area contributed by atoms with E-state index >= 15 is 0 Å². The van der Waals surface area contributed by atoms with Gasteiger partial charge in [-0.3, -0.25) is 10.2 Å². The van der Waals surface area contributed by atoms with E-state index in [-0.39, 0.29) is 5.54 Å². The highest BCUT2D eigenvalue weighted by Crippen LogP contribution is 2.25. The first-order valence-electron chi connectivity index (χ1n) is 6.47. The average molecular weight is 237 g/mol. The Hall–Kier alpha value is -0.630. The molecule has 4 heteroatoms. The summed E-state index contributed by atoms with van der Waals surface area (Å²) in [6, 6.07) is 3.00. The minimum atomic E-state index is -0.435. The fourth-order valence-electron chi connectivity index (χ4n) is 2.36. The van der Waals surface area contributed by atoms with Crippen molar-refractivity contribution in [3.05, 3.63) is 0 Å². The fourth-order valence-corrected chi connectivity index (χ4v) is 2.36. The molecule has 1 heterocycles. The molecule has 0 aromatic carbocycles. The lowest BCUT2D eigenvalue weighted by molar-refractivity contribution is -0.0575. The Morgan fingerprint density at radius 2 is 2.24 bits per heavy atom. The zero-order valence-electron chi connectivity index (χ0n) is 11.1. The summed E-state index contributed by atoms with van der Waals surface area (Å²) in [5.41, 5.74) is -0.405. The third-order valence-electron chi connectivity index (χ3n) is 3.67. The van der Waals surface area contributed by atoms with Gasteiger partial charge in [-0.05, 0) is 33.6 Å². The Bertz CT molecular complexity index is 319. The van der Waals surface area contributed by atoms with Crippen LogP contribution in [0.1, 0.15) is 33.6 Å². The van der Waals surface area contributed by atoms with Gasteiger partial charge >= 0.3 is 0 Å². The van der Waals surface area contributed by atoms with Crippen LogP contribution < -0.4 is 5.32 Å². The van der Waals surface area contributed by atoms with Crippen molar-refractivity contribution in [1.82, 2.24) is 10.2 Å². The highest BCUT2D eigenvalue weighted by atomic mass is 16.5. The molecule has 1 unspecified atom stereocenters. The second-order valence-corrected chi connectivity index (χ2v) is 6.15. The largest absolute Gasteiger partial charge is 0.378 e. The molecule has 0 aromatic rings. The molecule has 1 atom stereocenters. The van der Waals surface area contributed by atoms with E-state index in [4.69, 9.17) is 4.74 Å². The fraction of sp³-hybridized carbons (Fsp3) is 0.923. The van der Waals surface area contributed by atoms with Gasteiger partial charge in [0.1, 0.15) is 5.54 Å². The van der Waals surface area contributed by atoms with Crippen LogP contribution in [-0.2, 0) is 4.74 Å². The van der Waals surface area contributed by atoms with E-state index < -0.39 is 5.54 Å². The van der Waals surface area contributed by atoms with Gasteiger partial charge in [0.25, 0.3) is 0 Å². The van der Waals surface area contributed by atoms with Crippen molar-refractivity contribution in [3.8, 4) is 6.07 Å². The summed E-state index contributed by atoms with van der Waals surface area (Å²) in [5, 5.41) is 12.9. The van der Waals surface area contributed by atoms with E-state index in [0.29, 0.717) is 6.04 Å².